The molecule has 0 aliphatic rings. The van der Waals surface area contributed by atoms with Crippen LogP contribution in [-0.2, 0) is 0 Å². The summed E-state index contributed by atoms with van der Waals surface area (Å²) in [5, 5.41) is 12.5. The van der Waals surface area contributed by atoms with Crippen LogP contribution in [0.25, 0.3) is 0 Å². The highest BCUT2D eigenvalue weighted by molar-refractivity contribution is 4.58. The fraction of sp³-hybridized carbons (Fsp3) is 1.00. The summed E-state index contributed by atoms with van der Waals surface area (Å²) < 4.78 is 0. The van der Waals surface area contributed by atoms with E-state index in [1.165, 1.54) is 0 Å². The van der Waals surface area contributed by atoms with Gasteiger partial charge >= 0.3 is 0 Å². The molecule has 0 rings (SSSR count). The Kier molecular flexibility index (Phi) is 7.12. The zero-order valence-corrected chi connectivity index (χ0v) is 8.82. The summed E-state index contributed by atoms with van der Waals surface area (Å²) in [5.41, 5.74) is 5.31. The Morgan fingerprint density at radius 2 is 2.00 bits per heavy atom. The first kappa shape index (κ1) is 12.8. The molecule has 1 atom stereocenters. The average Bonchev–Trinajstić information content (AvgIpc) is 2.10. The second-order valence-electron chi connectivity index (χ2n) is 3.43. The summed E-state index contributed by atoms with van der Waals surface area (Å²) in [6, 6.07) is 0. The monoisotopic (exact) mass is 190 g/mol. The predicted octanol–water partition coefficient (Wildman–Crippen LogP) is -1.70. The molecule has 80 valence electrons. The zero-order valence-electron chi connectivity index (χ0n) is 8.82. The van der Waals surface area contributed by atoms with Crippen molar-refractivity contribution in [2.75, 3.05) is 47.4 Å². The lowest BCUT2D eigenvalue weighted by Gasteiger charge is -2.22. The van der Waals surface area contributed by atoms with Crippen LogP contribution in [-0.4, -0.2) is 68.6 Å². The second kappa shape index (κ2) is 7.23. The molecule has 0 fully saturated rings. The summed E-state index contributed by atoms with van der Waals surface area (Å²) in [4.78, 5) is 3.88. The van der Waals surface area contributed by atoms with E-state index in [1.807, 2.05) is 26.0 Å². The quantitative estimate of drug-likeness (QED) is 0.330. The largest absolute Gasteiger partial charge is 0.377 e. The fourth-order valence-corrected chi connectivity index (χ4v) is 0.887. The third-order valence-corrected chi connectivity index (χ3v) is 1.79. The van der Waals surface area contributed by atoms with Gasteiger partial charge in [-0.15, -0.1) is 0 Å². The van der Waals surface area contributed by atoms with Crippen LogP contribution in [0, 0.1) is 0 Å². The van der Waals surface area contributed by atoms with E-state index in [0.29, 0.717) is 0 Å². The molecule has 0 saturated heterocycles. The molecule has 13 heavy (non-hydrogen) atoms. The Balaban J connectivity index is 3.31. The van der Waals surface area contributed by atoms with Gasteiger partial charge in [-0.2, -0.15) is 0 Å². The number of nitrogens with one attached hydrogen (secondary N) is 1. The van der Waals surface area contributed by atoms with Crippen molar-refractivity contribution in [3.63, 3.8) is 0 Å². The van der Waals surface area contributed by atoms with Gasteiger partial charge in [0.25, 0.3) is 0 Å². The standard InChI is InChI=1S/C8H22N4O/c1-11(2)7-10-4-5-12(3)8(13)6-9/h8,10,13H,4-7,9H2,1-3H3. The molecular weight excluding hydrogens is 168 g/mol. The SMILES string of the molecule is CN(C)CNCCN(C)C(O)CN. The number of likely N-dealkylation sites (N-methyl/N-ethyl adjacent to an activating group) is 1. The molecule has 5 heteroatoms. The van der Waals surface area contributed by atoms with E-state index in [4.69, 9.17) is 5.73 Å². The van der Waals surface area contributed by atoms with Crippen LogP contribution in [0.2, 0.25) is 0 Å². The number of rotatable bonds is 7. The minimum atomic E-state index is -0.527. The van der Waals surface area contributed by atoms with E-state index >= 15 is 0 Å². The molecule has 5 nitrogen and oxygen atoms in total. The van der Waals surface area contributed by atoms with E-state index in [2.05, 4.69) is 10.2 Å². The van der Waals surface area contributed by atoms with Gasteiger partial charge < -0.3 is 16.2 Å². The molecule has 0 aliphatic carbocycles. The van der Waals surface area contributed by atoms with Crippen molar-refractivity contribution in [3.8, 4) is 0 Å². The Morgan fingerprint density at radius 3 is 2.46 bits per heavy atom. The number of hydrogen-bond donors (Lipinski definition) is 3. The molecule has 1 unspecified atom stereocenters. The summed E-state index contributed by atoms with van der Waals surface area (Å²) in [7, 11) is 5.87. The van der Waals surface area contributed by atoms with Crippen LogP contribution in [0.3, 0.4) is 0 Å². The summed E-state index contributed by atoms with van der Waals surface area (Å²) >= 11 is 0. The van der Waals surface area contributed by atoms with Gasteiger partial charge in [0.1, 0.15) is 6.23 Å². The molecule has 0 aromatic carbocycles. The first-order valence-electron chi connectivity index (χ1n) is 4.51. The van der Waals surface area contributed by atoms with Crippen LogP contribution in [0.1, 0.15) is 0 Å². The molecule has 0 aliphatic heterocycles. The van der Waals surface area contributed by atoms with E-state index in [0.717, 1.165) is 19.8 Å². The molecule has 0 heterocycles. The average molecular weight is 190 g/mol. The molecule has 0 aromatic rings. The summed E-state index contributed by atoms with van der Waals surface area (Å²) in [6.45, 7) is 2.79. The third-order valence-electron chi connectivity index (χ3n) is 1.79. The van der Waals surface area contributed by atoms with Gasteiger partial charge in [0.2, 0.25) is 0 Å². The van der Waals surface area contributed by atoms with E-state index in [1.54, 1.807) is 0 Å². The Hall–Kier alpha value is -0.200. The maximum Gasteiger partial charge on any atom is 0.119 e. The molecule has 0 aromatic heterocycles. The van der Waals surface area contributed by atoms with Crippen molar-refractivity contribution in [2.45, 2.75) is 6.23 Å². The Morgan fingerprint density at radius 1 is 1.38 bits per heavy atom. The molecule has 0 amide bonds. The molecule has 0 bridgehead atoms. The van der Waals surface area contributed by atoms with Gasteiger partial charge in [-0.25, -0.2) is 0 Å². The van der Waals surface area contributed by atoms with Crippen LogP contribution >= 0.6 is 0 Å². The third kappa shape index (κ3) is 6.92. The summed E-state index contributed by atoms with van der Waals surface area (Å²) in [5.74, 6) is 0. The van der Waals surface area contributed by atoms with Crippen LogP contribution in [0.15, 0.2) is 0 Å². The molecular formula is C8H22N4O. The van der Waals surface area contributed by atoms with E-state index < -0.39 is 6.23 Å². The highest BCUT2D eigenvalue weighted by Gasteiger charge is 2.06. The van der Waals surface area contributed by atoms with E-state index in [9.17, 15) is 5.11 Å². The number of nitrogens with zero attached hydrogens (tertiary/aromatic N) is 2. The molecule has 0 spiro atoms. The predicted molar refractivity (Wildman–Crippen MR) is 54.2 cm³/mol. The van der Waals surface area contributed by atoms with Crippen LogP contribution in [0.5, 0.6) is 0 Å². The Labute approximate surface area is 80.5 Å². The summed E-state index contributed by atoms with van der Waals surface area (Å²) in [6.07, 6.45) is -0.527. The zero-order chi connectivity index (χ0) is 10.3. The van der Waals surface area contributed by atoms with Gasteiger partial charge in [0.05, 0.1) is 0 Å². The second-order valence-corrected chi connectivity index (χ2v) is 3.43. The van der Waals surface area contributed by atoms with Crippen molar-refractivity contribution in [2.24, 2.45) is 5.73 Å². The van der Waals surface area contributed by atoms with E-state index in [-0.39, 0.29) is 6.54 Å². The van der Waals surface area contributed by atoms with Gasteiger partial charge in [-0.3, -0.25) is 9.80 Å². The topological polar surface area (TPSA) is 64.8 Å². The smallest absolute Gasteiger partial charge is 0.119 e. The lowest BCUT2D eigenvalue weighted by Crippen LogP contribution is -2.42. The van der Waals surface area contributed by atoms with Crippen LogP contribution in [0.4, 0.5) is 0 Å². The normalized spacial score (nSPS) is 14.1. The number of aliphatic hydroxyl groups is 1. The minimum absolute atomic E-state index is 0.282. The molecule has 4 N–H and O–H groups in total. The highest BCUT2D eigenvalue weighted by Crippen LogP contribution is 1.87. The van der Waals surface area contributed by atoms with Gasteiger partial charge in [-0.05, 0) is 21.1 Å². The van der Waals surface area contributed by atoms with Crippen molar-refractivity contribution >= 4 is 0 Å². The fourth-order valence-electron chi connectivity index (χ4n) is 0.887. The lowest BCUT2D eigenvalue weighted by molar-refractivity contribution is 0.0305. The first-order valence-corrected chi connectivity index (χ1v) is 4.51. The Bertz CT molecular complexity index is 121. The molecule has 0 saturated carbocycles. The molecule has 0 radical (unpaired) electrons. The van der Waals surface area contributed by atoms with Gasteiger partial charge in [0.15, 0.2) is 0 Å². The number of nitrogens with two attached hydrogens (primary N) is 1. The lowest BCUT2D eigenvalue weighted by atomic mass is 10.4. The van der Waals surface area contributed by atoms with Crippen molar-refractivity contribution < 1.29 is 5.11 Å². The minimum Gasteiger partial charge on any atom is -0.377 e. The number of hydrogen-bond acceptors (Lipinski definition) is 5. The number of aliphatic hydroxyl groups excluding tert-OH is 1. The van der Waals surface area contributed by atoms with Gasteiger partial charge in [0, 0.05) is 26.3 Å². The highest BCUT2D eigenvalue weighted by atomic mass is 16.3. The van der Waals surface area contributed by atoms with Crippen LogP contribution < -0.4 is 11.1 Å². The van der Waals surface area contributed by atoms with Gasteiger partial charge in [-0.1, -0.05) is 0 Å². The van der Waals surface area contributed by atoms with Crippen molar-refractivity contribution in [1.82, 2.24) is 15.1 Å². The maximum absolute atomic E-state index is 9.30. The van der Waals surface area contributed by atoms with Crippen molar-refractivity contribution in [3.05, 3.63) is 0 Å². The first-order chi connectivity index (χ1) is 6.07. The van der Waals surface area contributed by atoms with Crippen molar-refractivity contribution in [1.29, 1.82) is 0 Å². The maximum atomic E-state index is 9.30.